The van der Waals surface area contributed by atoms with Crippen molar-refractivity contribution in [2.24, 2.45) is 5.92 Å². The van der Waals surface area contributed by atoms with E-state index in [1.54, 1.807) is 0 Å². The van der Waals surface area contributed by atoms with E-state index < -0.39 is 0 Å². The lowest BCUT2D eigenvalue weighted by molar-refractivity contribution is 0.514. The number of hydrogen-bond donors (Lipinski definition) is 1. The van der Waals surface area contributed by atoms with Gasteiger partial charge < -0.3 is 15.1 Å². The third kappa shape index (κ3) is 7.98. The Kier molecular flexibility index (Phi) is 10.9. The molecule has 1 aliphatic heterocycles. The lowest BCUT2D eigenvalue weighted by Crippen LogP contribution is -2.36. The lowest BCUT2D eigenvalue weighted by Gasteiger charge is -2.32. The van der Waals surface area contributed by atoms with Crippen LogP contribution >= 0.6 is 0 Å². The number of aromatic nitrogens is 3. The van der Waals surface area contributed by atoms with Gasteiger partial charge in [0.15, 0.2) is 5.65 Å². The highest BCUT2D eigenvalue weighted by atomic mass is 19.1. The minimum absolute atomic E-state index is 0.226. The molecular weight excluding hydrogens is 535 g/mol. The summed E-state index contributed by atoms with van der Waals surface area (Å²) in [5, 5.41) is 8.62. The van der Waals surface area contributed by atoms with Gasteiger partial charge in [-0.2, -0.15) is 9.61 Å². The summed E-state index contributed by atoms with van der Waals surface area (Å²) in [6.07, 6.45) is 7.89. The summed E-state index contributed by atoms with van der Waals surface area (Å²) in [7, 11) is 2.15. The predicted octanol–water partition coefficient (Wildman–Crippen LogP) is 8.25. The van der Waals surface area contributed by atoms with Crippen molar-refractivity contribution >= 4 is 17.3 Å². The molecule has 7 heteroatoms. The Labute approximate surface area is 259 Å². The zero-order chi connectivity index (χ0) is 31.1. The van der Waals surface area contributed by atoms with Crippen LogP contribution in [0.1, 0.15) is 96.7 Å². The number of anilines is 2. The summed E-state index contributed by atoms with van der Waals surface area (Å²) in [6.45, 7) is 23.2. The molecular formula is C36H53FN6. The molecule has 1 aliphatic rings. The van der Waals surface area contributed by atoms with Crippen LogP contribution in [-0.4, -0.2) is 47.8 Å². The molecule has 1 saturated heterocycles. The molecule has 2 unspecified atom stereocenters. The van der Waals surface area contributed by atoms with Crippen LogP contribution in [0.4, 0.5) is 16.0 Å². The van der Waals surface area contributed by atoms with Gasteiger partial charge in [0.2, 0.25) is 0 Å². The molecule has 2 aromatic heterocycles. The summed E-state index contributed by atoms with van der Waals surface area (Å²) in [4.78, 5) is 9.81. The molecule has 3 atom stereocenters. The highest BCUT2D eigenvalue weighted by Crippen LogP contribution is 2.32. The lowest BCUT2D eigenvalue weighted by atomic mass is 9.77. The number of allylic oxidation sites excluding steroid dienone is 1. The Hall–Kier alpha value is -3.35. The van der Waals surface area contributed by atoms with Gasteiger partial charge in [0.05, 0.1) is 5.69 Å². The molecule has 234 valence electrons. The maximum absolute atomic E-state index is 13.5. The maximum atomic E-state index is 13.5. The van der Waals surface area contributed by atoms with Gasteiger partial charge in [-0.05, 0) is 56.2 Å². The van der Waals surface area contributed by atoms with Crippen molar-refractivity contribution in [2.75, 3.05) is 43.0 Å². The van der Waals surface area contributed by atoms with Crippen LogP contribution in [0, 0.1) is 11.7 Å². The number of benzene rings is 1. The normalized spacial score (nSPS) is 17.2. The van der Waals surface area contributed by atoms with Crippen molar-refractivity contribution in [1.82, 2.24) is 19.9 Å². The fourth-order valence-electron chi connectivity index (χ4n) is 5.98. The number of unbranched alkanes of at least 4 members (excludes halogenated alkanes) is 2. The first-order chi connectivity index (χ1) is 20.5. The third-order valence-electron chi connectivity index (χ3n) is 9.39. The van der Waals surface area contributed by atoms with E-state index in [9.17, 15) is 4.39 Å². The fourth-order valence-corrected chi connectivity index (χ4v) is 5.98. The molecule has 0 aliphatic carbocycles. The molecule has 1 N–H and O–H groups in total. The van der Waals surface area contributed by atoms with Crippen molar-refractivity contribution in [2.45, 2.75) is 90.9 Å². The zero-order valence-electron chi connectivity index (χ0n) is 27.4. The van der Waals surface area contributed by atoms with E-state index in [0.29, 0.717) is 18.4 Å². The number of hydrogen-bond acceptors (Lipinski definition) is 5. The van der Waals surface area contributed by atoms with Gasteiger partial charge in [0, 0.05) is 62.4 Å². The largest absolute Gasteiger partial charge is 0.388 e. The van der Waals surface area contributed by atoms with Gasteiger partial charge in [0.25, 0.3) is 0 Å². The Morgan fingerprint density at radius 2 is 1.93 bits per heavy atom. The van der Waals surface area contributed by atoms with Crippen LogP contribution in [0.25, 0.3) is 5.65 Å². The van der Waals surface area contributed by atoms with E-state index in [-0.39, 0.29) is 11.2 Å². The second-order valence-electron chi connectivity index (χ2n) is 13.1. The van der Waals surface area contributed by atoms with Crippen LogP contribution in [0.3, 0.4) is 0 Å². The van der Waals surface area contributed by atoms with Crippen molar-refractivity contribution in [3.8, 4) is 0 Å². The molecule has 43 heavy (non-hydrogen) atoms. The molecule has 6 nitrogen and oxygen atoms in total. The minimum Gasteiger partial charge on any atom is -0.388 e. The Morgan fingerprint density at radius 1 is 1.19 bits per heavy atom. The first-order valence-electron chi connectivity index (χ1n) is 16.2. The number of rotatable bonds is 16. The van der Waals surface area contributed by atoms with E-state index in [1.165, 1.54) is 37.8 Å². The Bertz CT molecular complexity index is 1380. The second-order valence-corrected chi connectivity index (χ2v) is 13.1. The summed E-state index contributed by atoms with van der Waals surface area (Å²) >= 11 is 0. The molecule has 0 amide bonds. The van der Waals surface area contributed by atoms with Crippen molar-refractivity contribution in [3.05, 3.63) is 77.9 Å². The zero-order valence-corrected chi connectivity index (χ0v) is 27.4. The van der Waals surface area contributed by atoms with Gasteiger partial charge in [-0.1, -0.05) is 77.8 Å². The van der Waals surface area contributed by atoms with Crippen molar-refractivity contribution in [1.29, 1.82) is 0 Å². The first kappa shape index (κ1) is 32.6. The van der Waals surface area contributed by atoms with E-state index in [4.69, 9.17) is 10.1 Å². The average Bonchev–Trinajstić information content (AvgIpc) is 3.62. The summed E-state index contributed by atoms with van der Waals surface area (Å²) in [5.74, 6) is 3.00. The van der Waals surface area contributed by atoms with E-state index in [2.05, 4.69) is 75.1 Å². The molecule has 0 bridgehead atoms. The minimum atomic E-state index is -0.314. The average molecular weight is 589 g/mol. The fraction of sp³-hybridized carbons (Fsp3) is 0.556. The quantitative estimate of drug-likeness (QED) is 0.135. The number of halogens is 1. The molecule has 1 aromatic carbocycles. The molecule has 1 fully saturated rings. The molecule has 3 aromatic rings. The van der Waals surface area contributed by atoms with E-state index >= 15 is 0 Å². The monoisotopic (exact) mass is 588 g/mol. The SMILES string of the molecule is C=C(CCCN(C)c1cc(N2CC[C@H](C)C2)nc2cc(C(C)CCCCC)nn12)NCC(C)(C(=C)C)c1ccc(F)cc1. The molecule has 3 heterocycles. The maximum Gasteiger partial charge on any atom is 0.160 e. The predicted molar refractivity (Wildman–Crippen MR) is 180 cm³/mol. The van der Waals surface area contributed by atoms with Gasteiger partial charge in [-0.3, -0.25) is 0 Å². The van der Waals surface area contributed by atoms with Crippen LogP contribution in [-0.2, 0) is 5.41 Å². The van der Waals surface area contributed by atoms with Crippen LogP contribution in [0.5, 0.6) is 0 Å². The summed E-state index contributed by atoms with van der Waals surface area (Å²) in [6, 6.07) is 11.1. The number of nitrogens with zero attached hydrogens (tertiary/aromatic N) is 5. The van der Waals surface area contributed by atoms with Crippen molar-refractivity contribution in [3.63, 3.8) is 0 Å². The van der Waals surface area contributed by atoms with Gasteiger partial charge in [0.1, 0.15) is 17.5 Å². The van der Waals surface area contributed by atoms with Crippen LogP contribution in [0.15, 0.2) is 60.8 Å². The first-order valence-corrected chi connectivity index (χ1v) is 16.2. The third-order valence-corrected chi connectivity index (χ3v) is 9.39. The summed E-state index contributed by atoms with van der Waals surface area (Å²) < 4.78 is 15.6. The topological polar surface area (TPSA) is 48.7 Å². The molecule has 0 radical (unpaired) electrons. The van der Waals surface area contributed by atoms with Crippen LogP contribution < -0.4 is 15.1 Å². The standard InChI is InChI=1S/C36H53FN6/c1-9-10-11-13-28(5)32-22-34-39-33(42-21-19-27(4)24-42)23-35(43(34)40-32)41(8)20-12-14-29(6)38-25-36(7,26(2)3)30-15-17-31(37)18-16-30/h15-18,22-23,27-28,38H,2,6,9-14,19-21,24-25H2,1,3-5,7-8H3/t27-,28?,36?/m0/s1. The van der Waals surface area contributed by atoms with Gasteiger partial charge >= 0.3 is 0 Å². The summed E-state index contributed by atoms with van der Waals surface area (Å²) in [5.41, 5.74) is 4.82. The van der Waals surface area contributed by atoms with Crippen LogP contribution in [0.2, 0.25) is 0 Å². The molecule has 0 saturated carbocycles. The Balaban J connectivity index is 1.43. The van der Waals surface area contributed by atoms with E-state index in [0.717, 1.165) is 78.7 Å². The highest BCUT2D eigenvalue weighted by molar-refractivity contribution is 5.60. The highest BCUT2D eigenvalue weighted by Gasteiger charge is 2.28. The molecule has 0 spiro atoms. The number of nitrogens with one attached hydrogen (secondary N) is 1. The second kappa shape index (κ2) is 14.4. The smallest absolute Gasteiger partial charge is 0.160 e. The van der Waals surface area contributed by atoms with Crippen molar-refractivity contribution < 1.29 is 4.39 Å². The van der Waals surface area contributed by atoms with Gasteiger partial charge in [-0.25, -0.2) is 9.37 Å². The van der Waals surface area contributed by atoms with Gasteiger partial charge in [-0.15, -0.1) is 0 Å². The number of fused-ring (bicyclic) bond motifs is 1. The molecule has 4 rings (SSSR count). The Morgan fingerprint density at radius 3 is 2.58 bits per heavy atom. The van der Waals surface area contributed by atoms with E-state index in [1.807, 2.05) is 23.6 Å².